The SMILES string of the molecule is N#Cc1ccc(-c2ccc(F)cc2)n(CC(=O)O)c1=O. The van der Waals surface area contributed by atoms with Gasteiger partial charge in [-0.05, 0) is 42.0 Å². The van der Waals surface area contributed by atoms with Crippen molar-refractivity contribution >= 4 is 5.97 Å². The molecular formula is C14H9FN2O3. The summed E-state index contributed by atoms with van der Waals surface area (Å²) in [6.07, 6.45) is 0. The number of rotatable bonds is 3. The average Bonchev–Trinajstić information content (AvgIpc) is 2.42. The number of hydrogen-bond donors (Lipinski definition) is 1. The number of carbonyl (C=O) groups is 1. The van der Waals surface area contributed by atoms with Crippen molar-refractivity contribution in [2.24, 2.45) is 0 Å². The summed E-state index contributed by atoms with van der Waals surface area (Å²) in [5.74, 6) is -1.64. The van der Waals surface area contributed by atoms with Crippen molar-refractivity contribution in [3.8, 4) is 17.3 Å². The highest BCUT2D eigenvalue weighted by Gasteiger charge is 2.12. The number of carboxylic acids is 1. The lowest BCUT2D eigenvalue weighted by atomic mass is 10.1. The smallest absolute Gasteiger partial charge is 0.323 e. The number of hydrogen-bond acceptors (Lipinski definition) is 3. The van der Waals surface area contributed by atoms with Crippen molar-refractivity contribution in [2.75, 3.05) is 0 Å². The summed E-state index contributed by atoms with van der Waals surface area (Å²) in [7, 11) is 0. The van der Waals surface area contributed by atoms with Crippen LogP contribution in [0.3, 0.4) is 0 Å². The molecule has 0 spiro atoms. The first-order valence-electron chi connectivity index (χ1n) is 5.64. The van der Waals surface area contributed by atoms with Crippen LogP contribution < -0.4 is 5.56 Å². The Labute approximate surface area is 113 Å². The molecule has 0 aliphatic rings. The van der Waals surface area contributed by atoms with Crippen molar-refractivity contribution in [3.63, 3.8) is 0 Å². The van der Waals surface area contributed by atoms with Crippen molar-refractivity contribution in [1.82, 2.24) is 4.57 Å². The Morgan fingerprint density at radius 2 is 1.90 bits per heavy atom. The fraction of sp³-hybridized carbons (Fsp3) is 0.0714. The number of carboxylic acid groups (broad SMARTS) is 1. The first kappa shape index (κ1) is 13.5. The molecule has 0 saturated carbocycles. The molecule has 1 aromatic heterocycles. The third-order valence-electron chi connectivity index (χ3n) is 2.73. The molecule has 0 unspecified atom stereocenters. The molecule has 1 aromatic carbocycles. The second kappa shape index (κ2) is 5.36. The van der Waals surface area contributed by atoms with Crippen LogP contribution in [0.1, 0.15) is 5.56 Å². The minimum Gasteiger partial charge on any atom is -0.480 e. The molecule has 0 aliphatic heterocycles. The Hall–Kier alpha value is -2.94. The molecule has 1 N–H and O–H groups in total. The highest BCUT2D eigenvalue weighted by molar-refractivity contribution is 5.69. The van der Waals surface area contributed by atoms with Crippen molar-refractivity contribution < 1.29 is 14.3 Å². The van der Waals surface area contributed by atoms with Gasteiger partial charge in [-0.25, -0.2) is 4.39 Å². The first-order chi connectivity index (χ1) is 9.52. The molecule has 0 radical (unpaired) electrons. The Balaban J connectivity index is 2.67. The summed E-state index contributed by atoms with van der Waals surface area (Å²) in [5.41, 5.74) is -0.0144. The van der Waals surface area contributed by atoms with Gasteiger partial charge in [0.15, 0.2) is 0 Å². The lowest BCUT2D eigenvalue weighted by Gasteiger charge is -2.11. The highest BCUT2D eigenvalue weighted by Crippen LogP contribution is 2.18. The van der Waals surface area contributed by atoms with Crippen molar-refractivity contribution in [3.05, 3.63) is 58.1 Å². The van der Waals surface area contributed by atoms with Crippen LogP contribution in [0.4, 0.5) is 4.39 Å². The van der Waals surface area contributed by atoms with Crippen molar-refractivity contribution in [2.45, 2.75) is 6.54 Å². The Morgan fingerprint density at radius 3 is 2.45 bits per heavy atom. The van der Waals surface area contributed by atoms with Gasteiger partial charge in [-0.3, -0.25) is 14.2 Å². The van der Waals surface area contributed by atoms with Crippen LogP contribution in [0.15, 0.2) is 41.2 Å². The molecule has 6 heteroatoms. The van der Waals surface area contributed by atoms with Gasteiger partial charge >= 0.3 is 5.97 Å². The third kappa shape index (κ3) is 2.57. The van der Waals surface area contributed by atoms with E-state index in [4.69, 9.17) is 10.4 Å². The van der Waals surface area contributed by atoms with E-state index >= 15 is 0 Å². The molecule has 5 nitrogen and oxygen atoms in total. The van der Waals surface area contributed by atoms with Gasteiger partial charge in [-0.2, -0.15) is 5.26 Å². The Kier molecular flexibility index (Phi) is 3.62. The van der Waals surface area contributed by atoms with Gasteiger partial charge in [0.25, 0.3) is 5.56 Å². The summed E-state index contributed by atoms with van der Waals surface area (Å²) in [6.45, 7) is -0.568. The van der Waals surface area contributed by atoms with E-state index in [9.17, 15) is 14.0 Å². The zero-order valence-corrected chi connectivity index (χ0v) is 10.2. The summed E-state index contributed by atoms with van der Waals surface area (Å²) >= 11 is 0. The van der Waals surface area contributed by atoms with Gasteiger partial charge in [0, 0.05) is 0 Å². The maximum absolute atomic E-state index is 12.9. The van der Waals surface area contributed by atoms with E-state index in [0.29, 0.717) is 11.3 Å². The number of aliphatic carboxylic acids is 1. The van der Waals surface area contributed by atoms with Crippen LogP contribution in [0.2, 0.25) is 0 Å². The standard InChI is InChI=1S/C14H9FN2O3/c15-11-4-1-9(2-5-11)12-6-3-10(7-16)14(20)17(12)8-13(18)19/h1-6H,8H2,(H,18,19). The van der Waals surface area contributed by atoms with E-state index in [1.165, 1.54) is 36.4 Å². The van der Waals surface area contributed by atoms with Crippen molar-refractivity contribution in [1.29, 1.82) is 5.26 Å². The fourth-order valence-electron chi connectivity index (χ4n) is 1.83. The van der Waals surface area contributed by atoms with Gasteiger partial charge < -0.3 is 5.11 Å². The molecule has 0 saturated heterocycles. The second-order valence-corrected chi connectivity index (χ2v) is 4.04. The third-order valence-corrected chi connectivity index (χ3v) is 2.73. The molecule has 0 aliphatic carbocycles. The molecule has 100 valence electrons. The molecule has 2 rings (SSSR count). The predicted molar refractivity (Wildman–Crippen MR) is 68.4 cm³/mol. The van der Waals surface area contributed by atoms with Gasteiger partial charge in [-0.15, -0.1) is 0 Å². The Morgan fingerprint density at radius 1 is 1.25 bits per heavy atom. The van der Waals surface area contributed by atoms with Gasteiger partial charge in [0.2, 0.25) is 0 Å². The fourth-order valence-corrected chi connectivity index (χ4v) is 1.83. The van der Waals surface area contributed by atoms with E-state index in [1.54, 1.807) is 6.07 Å². The minimum absolute atomic E-state index is 0.142. The number of pyridine rings is 1. The summed E-state index contributed by atoms with van der Waals surface area (Å²) < 4.78 is 13.9. The van der Waals surface area contributed by atoms with Crippen LogP contribution in [0.25, 0.3) is 11.3 Å². The number of halogens is 1. The molecule has 0 atom stereocenters. The van der Waals surface area contributed by atoms with E-state index < -0.39 is 23.9 Å². The largest absolute Gasteiger partial charge is 0.480 e. The minimum atomic E-state index is -1.20. The molecule has 2 aromatic rings. The second-order valence-electron chi connectivity index (χ2n) is 4.04. The summed E-state index contributed by atoms with van der Waals surface area (Å²) in [4.78, 5) is 22.9. The molecule has 1 heterocycles. The summed E-state index contributed by atoms with van der Waals surface area (Å²) in [5, 5.41) is 17.7. The predicted octanol–water partition coefficient (Wildman–Crippen LogP) is 1.61. The van der Waals surface area contributed by atoms with Gasteiger partial charge in [0.1, 0.15) is 24.0 Å². The number of nitriles is 1. The van der Waals surface area contributed by atoms with Crippen LogP contribution in [-0.4, -0.2) is 15.6 Å². The van der Waals surface area contributed by atoms with E-state index in [1.807, 2.05) is 0 Å². The molecule has 0 bridgehead atoms. The van der Waals surface area contributed by atoms with Crippen LogP contribution in [-0.2, 0) is 11.3 Å². The quantitative estimate of drug-likeness (QED) is 0.920. The normalized spacial score (nSPS) is 10.0. The molecule has 0 fully saturated rings. The van der Waals surface area contributed by atoms with Gasteiger partial charge in [-0.1, -0.05) is 0 Å². The maximum Gasteiger partial charge on any atom is 0.323 e. The topological polar surface area (TPSA) is 83.1 Å². The lowest BCUT2D eigenvalue weighted by Crippen LogP contribution is -2.27. The number of nitrogens with zero attached hydrogens (tertiary/aromatic N) is 2. The van der Waals surface area contributed by atoms with Crippen LogP contribution >= 0.6 is 0 Å². The zero-order valence-electron chi connectivity index (χ0n) is 10.2. The monoisotopic (exact) mass is 272 g/mol. The zero-order chi connectivity index (χ0) is 14.7. The lowest BCUT2D eigenvalue weighted by molar-refractivity contribution is -0.137. The van der Waals surface area contributed by atoms with E-state index in [0.717, 1.165) is 4.57 Å². The van der Waals surface area contributed by atoms with Gasteiger partial charge in [0.05, 0.1) is 5.69 Å². The first-order valence-corrected chi connectivity index (χ1v) is 5.64. The van der Waals surface area contributed by atoms with Crippen LogP contribution in [0.5, 0.6) is 0 Å². The highest BCUT2D eigenvalue weighted by atomic mass is 19.1. The number of aromatic nitrogens is 1. The maximum atomic E-state index is 12.9. The molecule has 20 heavy (non-hydrogen) atoms. The van der Waals surface area contributed by atoms with Crippen LogP contribution in [0, 0.1) is 17.1 Å². The van der Waals surface area contributed by atoms with E-state index in [-0.39, 0.29) is 5.56 Å². The number of benzene rings is 1. The molecular weight excluding hydrogens is 263 g/mol. The Bertz CT molecular complexity index is 757. The average molecular weight is 272 g/mol. The summed E-state index contributed by atoms with van der Waals surface area (Å²) in [6, 6.07) is 9.80. The van der Waals surface area contributed by atoms with E-state index in [2.05, 4.69) is 0 Å². The molecule has 0 amide bonds.